The fourth-order valence-corrected chi connectivity index (χ4v) is 2.27. The van der Waals surface area contributed by atoms with Gasteiger partial charge in [-0.2, -0.15) is 0 Å². The maximum absolute atomic E-state index is 13.7. The first kappa shape index (κ1) is 14.7. The number of benzene rings is 2. The second-order valence-corrected chi connectivity index (χ2v) is 5.19. The zero-order chi connectivity index (χ0) is 14.7. The molecule has 0 saturated heterocycles. The van der Waals surface area contributed by atoms with Gasteiger partial charge in [-0.1, -0.05) is 35.9 Å². The Balaban J connectivity index is 2.10. The molecule has 3 heteroatoms. The molecule has 0 amide bonds. The third-order valence-corrected chi connectivity index (χ3v) is 3.51. The van der Waals surface area contributed by atoms with Gasteiger partial charge in [-0.05, 0) is 32.4 Å². The summed E-state index contributed by atoms with van der Waals surface area (Å²) in [5.74, 6) is -1.06. The highest BCUT2D eigenvalue weighted by Crippen LogP contribution is 2.22. The molecular weight excluding hydrogens is 256 g/mol. The van der Waals surface area contributed by atoms with Gasteiger partial charge in [0.25, 0.3) is 0 Å². The lowest BCUT2D eigenvalue weighted by Gasteiger charge is -2.21. The number of rotatable bonds is 4. The average molecular weight is 275 g/mol. The van der Waals surface area contributed by atoms with Crippen LogP contribution in [-0.4, -0.2) is 0 Å². The summed E-state index contributed by atoms with van der Waals surface area (Å²) < 4.78 is 26.6. The molecule has 1 nitrogen and oxygen atoms in total. The highest BCUT2D eigenvalue weighted by atomic mass is 19.1. The molecule has 2 aromatic rings. The Morgan fingerprint density at radius 3 is 2.15 bits per heavy atom. The summed E-state index contributed by atoms with van der Waals surface area (Å²) in [5, 5.41) is 3.33. The van der Waals surface area contributed by atoms with Gasteiger partial charge in [0.2, 0.25) is 0 Å². The molecule has 2 aromatic carbocycles. The van der Waals surface area contributed by atoms with E-state index in [1.54, 1.807) is 0 Å². The zero-order valence-corrected chi connectivity index (χ0v) is 12.0. The van der Waals surface area contributed by atoms with E-state index in [9.17, 15) is 8.78 Å². The van der Waals surface area contributed by atoms with Gasteiger partial charge in [0.1, 0.15) is 11.6 Å². The lowest BCUT2D eigenvalue weighted by Crippen LogP contribution is -2.23. The van der Waals surface area contributed by atoms with Crippen molar-refractivity contribution in [2.75, 3.05) is 0 Å². The molecule has 20 heavy (non-hydrogen) atoms. The number of halogens is 2. The molecule has 0 bridgehead atoms. The van der Waals surface area contributed by atoms with Crippen LogP contribution >= 0.6 is 0 Å². The summed E-state index contributed by atoms with van der Waals surface area (Å²) in [5.41, 5.74) is 2.83. The van der Waals surface area contributed by atoms with E-state index < -0.39 is 11.6 Å². The Morgan fingerprint density at radius 2 is 1.55 bits per heavy atom. The second-order valence-electron chi connectivity index (χ2n) is 5.19. The van der Waals surface area contributed by atoms with Crippen LogP contribution in [-0.2, 0) is 0 Å². The molecule has 0 aromatic heterocycles. The van der Waals surface area contributed by atoms with Gasteiger partial charge >= 0.3 is 0 Å². The minimum atomic E-state index is -0.551. The number of hydrogen-bond donors (Lipinski definition) is 1. The standard InChI is InChI=1S/C17H19F2N/c1-11-4-6-14(7-5-11)12(2)20-13(3)16-9-8-15(18)10-17(16)19/h4-10,12-13,20H,1-3H3/t12-,13?/m0/s1. The summed E-state index contributed by atoms with van der Waals surface area (Å²) in [4.78, 5) is 0. The summed E-state index contributed by atoms with van der Waals surface area (Å²) in [6, 6.07) is 11.8. The molecule has 0 heterocycles. The van der Waals surface area contributed by atoms with Gasteiger partial charge in [0.05, 0.1) is 0 Å². The van der Waals surface area contributed by atoms with E-state index in [2.05, 4.69) is 29.6 Å². The maximum Gasteiger partial charge on any atom is 0.130 e. The molecular formula is C17H19F2N. The molecule has 2 rings (SSSR count). The molecule has 2 atom stereocenters. The predicted octanol–water partition coefficient (Wildman–Crippen LogP) is 4.69. The first-order valence-electron chi connectivity index (χ1n) is 6.75. The van der Waals surface area contributed by atoms with E-state index in [1.807, 2.05) is 20.8 Å². The Labute approximate surface area is 118 Å². The van der Waals surface area contributed by atoms with E-state index in [0.717, 1.165) is 11.6 Å². The normalized spacial score (nSPS) is 14.1. The van der Waals surface area contributed by atoms with Crippen molar-refractivity contribution in [1.29, 1.82) is 0 Å². The molecule has 1 unspecified atom stereocenters. The second kappa shape index (κ2) is 6.14. The Bertz CT molecular complexity index is 578. The van der Waals surface area contributed by atoms with Crippen molar-refractivity contribution < 1.29 is 8.78 Å². The van der Waals surface area contributed by atoms with Crippen LogP contribution in [0.15, 0.2) is 42.5 Å². The summed E-state index contributed by atoms with van der Waals surface area (Å²) in [6.45, 7) is 5.95. The van der Waals surface area contributed by atoms with E-state index in [-0.39, 0.29) is 12.1 Å². The third-order valence-electron chi connectivity index (χ3n) is 3.51. The van der Waals surface area contributed by atoms with Crippen molar-refractivity contribution in [3.8, 4) is 0 Å². The van der Waals surface area contributed by atoms with Crippen molar-refractivity contribution >= 4 is 0 Å². The average Bonchev–Trinajstić information content (AvgIpc) is 2.39. The van der Waals surface area contributed by atoms with Crippen molar-refractivity contribution in [2.45, 2.75) is 32.9 Å². The van der Waals surface area contributed by atoms with Crippen LogP contribution in [0.2, 0.25) is 0 Å². The van der Waals surface area contributed by atoms with Crippen LogP contribution < -0.4 is 5.32 Å². The molecule has 0 fully saturated rings. The van der Waals surface area contributed by atoms with E-state index in [1.165, 1.54) is 17.7 Å². The molecule has 0 aliphatic rings. The summed E-state index contributed by atoms with van der Waals surface area (Å²) in [6.07, 6.45) is 0. The Kier molecular flexibility index (Phi) is 4.50. The molecule has 0 aliphatic carbocycles. The Hall–Kier alpha value is -1.74. The quantitative estimate of drug-likeness (QED) is 0.854. The van der Waals surface area contributed by atoms with Gasteiger partial charge in [0.15, 0.2) is 0 Å². The summed E-state index contributed by atoms with van der Waals surface area (Å²) in [7, 11) is 0. The van der Waals surface area contributed by atoms with Crippen molar-refractivity contribution in [2.24, 2.45) is 0 Å². The minimum absolute atomic E-state index is 0.0926. The van der Waals surface area contributed by atoms with E-state index >= 15 is 0 Å². The SMILES string of the molecule is Cc1ccc([C@H](C)NC(C)c2ccc(F)cc2F)cc1. The molecule has 0 saturated carbocycles. The fraction of sp³-hybridized carbons (Fsp3) is 0.294. The van der Waals surface area contributed by atoms with Crippen LogP contribution in [0.5, 0.6) is 0 Å². The highest BCUT2D eigenvalue weighted by Gasteiger charge is 2.14. The molecule has 106 valence electrons. The Morgan fingerprint density at radius 1 is 0.900 bits per heavy atom. The van der Waals surface area contributed by atoms with Gasteiger partial charge in [-0.3, -0.25) is 0 Å². The van der Waals surface area contributed by atoms with E-state index in [4.69, 9.17) is 0 Å². The zero-order valence-electron chi connectivity index (χ0n) is 12.0. The summed E-state index contributed by atoms with van der Waals surface area (Å²) >= 11 is 0. The molecule has 0 spiro atoms. The largest absolute Gasteiger partial charge is 0.304 e. The monoisotopic (exact) mass is 275 g/mol. The highest BCUT2D eigenvalue weighted by molar-refractivity contribution is 5.25. The minimum Gasteiger partial charge on any atom is -0.304 e. The number of nitrogens with one attached hydrogen (secondary N) is 1. The van der Waals surface area contributed by atoms with Gasteiger partial charge in [-0.15, -0.1) is 0 Å². The molecule has 1 N–H and O–H groups in total. The first-order valence-corrected chi connectivity index (χ1v) is 6.75. The lowest BCUT2D eigenvalue weighted by atomic mass is 10.0. The van der Waals surface area contributed by atoms with Crippen LogP contribution in [0, 0.1) is 18.6 Å². The third kappa shape index (κ3) is 3.42. The predicted molar refractivity (Wildman–Crippen MR) is 77.5 cm³/mol. The van der Waals surface area contributed by atoms with Gasteiger partial charge in [-0.25, -0.2) is 8.78 Å². The number of aryl methyl sites for hydroxylation is 1. The van der Waals surface area contributed by atoms with Crippen LogP contribution in [0.25, 0.3) is 0 Å². The molecule has 0 radical (unpaired) electrons. The van der Waals surface area contributed by atoms with E-state index in [0.29, 0.717) is 5.56 Å². The van der Waals surface area contributed by atoms with Gasteiger partial charge < -0.3 is 5.32 Å². The topological polar surface area (TPSA) is 12.0 Å². The van der Waals surface area contributed by atoms with Crippen LogP contribution in [0.1, 0.15) is 42.6 Å². The molecule has 0 aliphatic heterocycles. The smallest absolute Gasteiger partial charge is 0.130 e. The van der Waals surface area contributed by atoms with Crippen molar-refractivity contribution in [3.05, 3.63) is 70.8 Å². The number of hydrogen-bond acceptors (Lipinski definition) is 1. The van der Waals surface area contributed by atoms with Crippen molar-refractivity contribution in [1.82, 2.24) is 5.32 Å². The van der Waals surface area contributed by atoms with Crippen molar-refractivity contribution in [3.63, 3.8) is 0 Å². The van der Waals surface area contributed by atoms with Crippen LogP contribution in [0.3, 0.4) is 0 Å². The van der Waals surface area contributed by atoms with Crippen LogP contribution in [0.4, 0.5) is 8.78 Å². The van der Waals surface area contributed by atoms with Gasteiger partial charge in [0, 0.05) is 23.7 Å². The lowest BCUT2D eigenvalue weighted by molar-refractivity contribution is 0.470. The first-order chi connectivity index (χ1) is 9.47. The maximum atomic E-state index is 13.7. The fourth-order valence-electron chi connectivity index (χ4n) is 2.27.